The Kier molecular flexibility index (Phi) is 4.52. The first-order chi connectivity index (χ1) is 10.1. The summed E-state index contributed by atoms with van der Waals surface area (Å²) >= 11 is 0. The van der Waals surface area contributed by atoms with Crippen LogP contribution in [0.1, 0.15) is 51.9 Å². The smallest absolute Gasteiger partial charge is 0.323 e. The zero-order valence-corrected chi connectivity index (χ0v) is 13.0. The predicted molar refractivity (Wildman–Crippen MR) is 80.4 cm³/mol. The van der Waals surface area contributed by atoms with Crippen LogP contribution in [0.2, 0.25) is 0 Å². The van der Waals surface area contributed by atoms with Crippen LogP contribution in [-0.2, 0) is 9.53 Å². The van der Waals surface area contributed by atoms with Crippen molar-refractivity contribution in [3.05, 3.63) is 0 Å². The van der Waals surface area contributed by atoms with Gasteiger partial charge in [-0.15, -0.1) is 0 Å². The quantitative estimate of drug-likeness (QED) is 0.780. The number of hydrogen-bond acceptors (Lipinski definition) is 4. The number of likely N-dealkylation sites (tertiary alicyclic amines) is 1. The van der Waals surface area contributed by atoms with Gasteiger partial charge in [-0.1, -0.05) is 0 Å². The van der Waals surface area contributed by atoms with E-state index in [1.165, 1.54) is 0 Å². The number of piperidine rings is 1. The highest BCUT2D eigenvalue weighted by Gasteiger charge is 2.49. The maximum absolute atomic E-state index is 11.8. The molecule has 2 atom stereocenters. The van der Waals surface area contributed by atoms with Crippen molar-refractivity contribution < 1.29 is 14.6 Å². The lowest BCUT2D eigenvalue weighted by Crippen LogP contribution is -2.52. The Hall–Kier alpha value is -0.650. The molecular formula is C16H28N2O3. The van der Waals surface area contributed by atoms with Gasteiger partial charge in [0.2, 0.25) is 0 Å². The van der Waals surface area contributed by atoms with E-state index >= 15 is 0 Å². The molecule has 0 aromatic rings. The molecule has 120 valence electrons. The summed E-state index contributed by atoms with van der Waals surface area (Å²) in [5.41, 5.74) is -0.664. The van der Waals surface area contributed by atoms with Crippen LogP contribution in [0.3, 0.4) is 0 Å². The molecule has 0 spiro atoms. The molecule has 0 bridgehead atoms. The van der Waals surface area contributed by atoms with Gasteiger partial charge in [-0.25, -0.2) is 0 Å². The van der Waals surface area contributed by atoms with Crippen LogP contribution in [0.15, 0.2) is 0 Å². The molecule has 0 aromatic heterocycles. The van der Waals surface area contributed by atoms with Crippen molar-refractivity contribution in [1.82, 2.24) is 10.2 Å². The molecule has 0 amide bonds. The van der Waals surface area contributed by atoms with Crippen LogP contribution >= 0.6 is 0 Å². The zero-order chi connectivity index (χ0) is 14.9. The minimum atomic E-state index is -0.664. The van der Waals surface area contributed by atoms with E-state index in [4.69, 9.17) is 4.74 Å². The fourth-order valence-corrected chi connectivity index (χ4v) is 3.98. The van der Waals surface area contributed by atoms with E-state index in [9.17, 15) is 9.90 Å². The van der Waals surface area contributed by atoms with Gasteiger partial charge in [-0.3, -0.25) is 10.1 Å². The van der Waals surface area contributed by atoms with Crippen molar-refractivity contribution in [3.63, 3.8) is 0 Å². The molecule has 1 saturated heterocycles. The molecule has 3 aliphatic rings. The Labute approximate surface area is 127 Å². The molecule has 21 heavy (non-hydrogen) atoms. The van der Waals surface area contributed by atoms with Crippen molar-refractivity contribution >= 4 is 5.97 Å². The second kappa shape index (κ2) is 6.23. The summed E-state index contributed by atoms with van der Waals surface area (Å²) in [7, 11) is 0. The number of ether oxygens (including phenoxy) is 1. The molecule has 1 aliphatic heterocycles. The molecule has 0 aromatic carbocycles. The first-order valence-electron chi connectivity index (χ1n) is 8.50. The summed E-state index contributed by atoms with van der Waals surface area (Å²) in [5, 5.41) is 13.1. The SMILES string of the molecule is CCOC1CCN(C2CCC(NC3CC3)(C(=O)O)C2)CC1. The van der Waals surface area contributed by atoms with Crippen molar-refractivity contribution in [3.8, 4) is 0 Å². The van der Waals surface area contributed by atoms with Gasteiger partial charge >= 0.3 is 5.97 Å². The lowest BCUT2D eigenvalue weighted by molar-refractivity contribution is -0.145. The Bertz CT molecular complexity index is 378. The number of rotatable bonds is 6. The molecule has 3 rings (SSSR count). The first-order valence-corrected chi connectivity index (χ1v) is 8.50. The normalized spacial score (nSPS) is 35.2. The Morgan fingerprint density at radius 3 is 2.57 bits per heavy atom. The second-order valence-corrected chi connectivity index (χ2v) is 6.89. The number of carboxylic acid groups (broad SMARTS) is 1. The van der Waals surface area contributed by atoms with E-state index in [0.29, 0.717) is 18.2 Å². The van der Waals surface area contributed by atoms with Crippen LogP contribution in [0, 0.1) is 0 Å². The number of nitrogens with one attached hydrogen (secondary N) is 1. The van der Waals surface area contributed by atoms with Crippen LogP contribution < -0.4 is 5.32 Å². The first kappa shape index (κ1) is 15.3. The number of carboxylic acids is 1. The highest BCUT2D eigenvalue weighted by molar-refractivity contribution is 5.79. The lowest BCUT2D eigenvalue weighted by atomic mass is 9.96. The van der Waals surface area contributed by atoms with Gasteiger partial charge in [0.05, 0.1) is 6.10 Å². The van der Waals surface area contributed by atoms with Crippen LogP contribution in [0.4, 0.5) is 0 Å². The summed E-state index contributed by atoms with van der Waals surface area (Å²) in [5.74, 6) is -0.652. The lowest BCUT2D eigenvalue weighted by Gasteiger charge is -2.36. The number of carbonyl (C=O) groups is 1. The second-order valence-electron chi connectivity index (χ2n) is 6.89. The van der Waals surface area contributed by atoms with Gasteiger partial charge < -0.3 is 14.7 Å². The van der Waals surface area contributed by atoms with Gasteiger partial charge in [-0.05, 0) is 51.9 Å². The number of hydrogen-bond donors (Lipinski definition) is 2. The largest absolute Gasteiger partial charge is 0.480 e. The standard InChI is InChI=1S/C16H28N2O3/c1-2-21-14-6-9-18(10-7-14)13-5-8-16(11-13,15(19)20)17-12-3-4-12/h12-14,17H,2-11H2,1H3,(H,19,20). The van der Waals surface area contributed by atoms with E-state index in [1.807, 2.05) is 6.92 Å². The molecule has 2 saturated carbocycles. The third kappa shape index (κ3) is 3.41. The molecule has 3 fully saturated rings. The van der Waals surface area contributed by atoms with Crippen molar-refractivity contribution in [1.29, 1.82) is 0 Å². The van der Waals surface area contributed by atoms with Crippen molar-refractivity contribution in [2.75, 3.05) is 19.7 Å². The molecule has 0 radical (unpaired) electrons. The van der Waals surface area contributed by atoms with E-state index in [0.717, 1.165) is 64.6 Å². The molecule has 2 unspecified atom stereocenters. The van der Waals surface area contributed by atoms with Crippen LogP contribution in [0.5, 0.6) is 0 Å². The predicted octanol–water partition coefficient (Wildman–Crippen LogP) is 1.62. The molecule has 1 heterocycles. The number of nitrogens with zero attached hydrogens (tertiary/aromatic N) is 1. The maximum atomic E-state index is 11.8. The molecule has 2 aliphatic carbocycles. The summed E-state index contributed by atoms with van der Waals surface area (Å²) in [6, 6.07) is 0.874. The third-order valence-corrected chi connectivity index (χ3v) is 5.35. The van der Waals surface area contributed by atoms with Crippen molar-refractivity contribution in [2.45, 2.75) is 75.6 Å². The highest BCUT2D eigenvalue weighted by Crippen LogP contribution is 2.37. The zero-order valence-electron chi connectivity index (χ0n) is 13.0. The Morgan fingerprint density at radius 1 is 1.29 bits per heavy atom. The van der Waals surface area contributed by atoms with E-state index in [2.05, 4.69) is 10.2 Å². The monoisotopic (exact) mass is 296 g/mol. The van der Waals surface area contributed by atoms with Gasteiger partial charge in [0.15, 0.2) is 0 Å². The van der Waals surface area contributed by atoms with Gasteiger partial charge in [0.1, 0.15) is 5.54 Å². The van der Waals surface area contributed by atoms with E-state index < -0.39 is 11.5 Å². The third-order valence-electron chi connectivity index (χ3n) is 5.35. The Balaban J connectivity index is 1.55. The molecule has 2 N–H and O–H groups in total. The fraction of sp³-hybridized carbons (Fsp3) is 0.938. The average molecular weight is 296 g/mol. The van der Waals surface area contributed by atoms with Gasteiger partial charge in [-0.2, -0.15) is 0 Å². The highest BCUT2D eigenvalue weighted by atomic mass is 16.5. The maximum Gasteiger partial charge on any atom is 0.323 e. The fourth-order valence-electron chi connectivity index (χ4n) is 3.98. The topological polar surface area (TPSA) is 61.8 Å². The molecule has 5 heteroatoms. The van der Waals surface area contributed by atoms with Crippen molar-refractivity contribution in [2.24, 2.45) is 0 Å². The minimum absolute atomic E-state index is 0.404. The summed E-state index contributed by atoms with van der Waals surface area (Å²) in [4.78, 5) is 14.2. The summed E-state index contributed by atoms with van der Waals surface area (Å²) in [6.07, 6.45) is 7.39. The minimum Gasteiger partial charge on any atom is -0.480 e. The summed E-state index contributed by atoms with van der Waals surface area (Å²) in [6.45, 7) is 4.94. The van der Waals surface area contributed by atoms with Crippen LogP contribution in [-0.4, -0.2) is 59.4 Å². The molecular weight excluding hydrogens is 268 g/mol. The van der Waals surface area contributed by atoms with Gasteiger partial charge in [0, 0.05) is 31.8 Å². The van der Waals surface area contributed by atoms with Crippen LogP contribution in [0.25, 0.3) is 0 Å². The van der Waals surface area contributed by atoms with E-state index in [-0.39, 0.29) is 0 Å². The van der Waals surface area contributed by atoms with E-state index in [1.54, 1.807) is 0 Å². The van der Waals surface area contributed by atoms with Gasteiger partial charge in [0.25, 0.3) is 0 Å². The Morgan fingerprint density at radius 2 is 2.00 bits per heavy atom. The average Bonchev–Trinajstić information content (AvgIpc) is 3.17. The summed E-state index contributed by atoms with van der Waals surface area (Å²) < 4.78 is 5.70. The molecule has 5 nitrogen and oxygen atoms in total. The number of aliphatic carboxylic acids is 1.